The molecule has 0 spiro atoms. The molecule has 0 saturated heterocycles. The largest absolute Gasteiger partial charge is 0.478 e. The Morgan fingerprint density at radius 1 is 1.38 bits per heavy atom. The molecule has 2 nitrogen and oxygen atoms in total. The lowest BCUT2D eigenvalue weighted by molar-refractivity contribution is -0.133. The lowest BCUT2D eigenvalue weighted by atomic mass is 9.82. The maximum absolute atomic E-state index is 12.7. The van der Waals surface area contributed by atoms with E-state index in [1.807, 2.05) is 0 Å². The van der Waals surface area contributed by atoms with Gasteiger partial charge in [0.25, 0.3) is 0 Å². The summed E-state index contributed by atoms with van der Waals surface area (Å²) < 4.78 is 25.3. The second-order valence-electron chi connectivity index (χ2n) is 3.46. The zero-order valence-electron chi connectivity index (χ0n) is 7.22. The summed E-state index contributed by atoms with van der Waals surface area (Å²) in [4.78, 5) is 10.5. The molecule has 74 valence electrons. The molecule has 0 aromatic heterocycles. The quantitative estimate of drug-likeness (QED) is 0.679. The van der Waals surface area contributed by atoms with E-state index in [0.717, 1.165) is 0 Å². The molecule has 0 atom stereocenters. The SMILES string of the molecule is C=C(C(=O)O)C1CCC(F)(F)CC1. The van der Waals surface area contributed by atoms with Crippen molar-refractivity contribution in [2.45, 2.75) is 31.6 Å². The molecule has 1 N–H and O–H groups in total. The van der Waals surface area contributed by atoms with Crippen molar-refractivity contribution in [2.24, 2.45) is 5.92 Å². The van der Waals surface area contributed by atoms with Crippen LogP contribution in [-0.2, 0) is 4.79 Å². The van der Waals surface area contributed by atoms with E-state index in [2.05, 4.69) is 6.58 Å². The van der Waals surface area contributed by atoms with Gasteiger partial charge in [-0.1, -0.05) is 6.58 Å². The van der Waals surface area contributed by atoms with Gasteiger partial charge in [0.1, 0.15) is 0 Å². The van der Waals surface area contributed by atoms with Gasteiger partial charge >= 0.3 is 5.97 Å². The lowest BCUT2D eigenvalue weighted by Crippen LogP contribution is -2.26. The van der Waals surface area contributed by atoms with Crippen LogP contribution in [0.1, 0.15) is 25.7 Å². The maximum atomic E-state index is 12.7. The highest BCUT2D eigenvalue weighted by molar-refractivity contribution is 5.86. The minimum absolute atomic E-state index is 0.0653. The molecule has 0 bridgehead atoms. The number of alkyl halides is 2. The van der Waals surface area contributed by atoms with Crippen LogP contribution in [0.15, 0.2) is 12.2 Å². The Kier molecular flexibility index (Phi) is 2.68. The van der Waals surface area contributed by atoms with Crippen molar-refractivity contribution >= 4 is 5.97 Å². The third kappa shape index (κ3) is 2.50. The molecule has 0 aliphatic heterocycles. The molecule has 1 fully saturated rings. The van der Waals surface area contributed by atoms with Crippen molar-refractivity contribution in [3.8, 4) is 0 Å². The molecule has 0 aromatic rings. The number of hydrogen-bond donors (Lipinski definition) is 1. The Bertz CT molecular complexity index is 226. The summed E-state index contributed by atoms with van der Waals surface area (Å²) in [5.74, 6) is -3.94. The molecule has 0 radical (unpaired) electrons. The van der Waals surface area contributed by atoms with Crippen LogP contribution in [0.5, 0.6) is 0 Å². The average molecular weight is 190 g/mol. The van der Waals surface area contributed by atoms with Crippen LogP contribution >= 0.6 is 0 Å². The first-order chi connectivity index (χ1) is 5.92. The summed E-state index contributed by atoms with van der Waals surface area (Å²) in [7, 11) is 0. The Balaban J connectivity index is 2.50. The minimum atomic E-state index is -2.60. The van der Waals surface area contributed by atoms with Crippen molar-refractivity contribution in [3.63, 3.8) is 0 Å². The van der Waals surface area contributed by atoms with E-state index in [1.165, 1.54) is 0 Å². The van der Waals surface area contributed by atoms with E-state index < -0.39 is 11.9 Å². The van der Waals surface area contributed by atoms with E-state index in [9.17, 15) is 13.6 Å². The number of carbonyl (C=O) groups is 1. The predicted molar refractivity (Wildman–Crippen MR) is 43.7 cm³/mol. The highest BCUT2D eigenvalue weighted by Crippen LogP contribution is 2.38. The second kappa shape index (κ2) is 3.44. The summed E-state index contributed by atoms with van der Waals surface area (Å²) in [5, 5.41) is 8.58. The number of hydrogen-bond acceptors (Lipinski definition) is 1. The predicted octanol–water partition coefficient (Wildman–Crippen LogP) is 2.45. The third-order valence-corrected chi connectivity index (χ3v) is 2.48. The van der Waals surface area contributed by atoms with Gasteiger partial charge in [-0.3, -0.25) is 0 Å². The molecular formula is C9H12F2O2. The minimum Gasteiger partial charge on any atom is -0.478 e. The Hall–Kier alpha value is -0.930. The van der Waals surface area contributed by atoms with Gasteiger partial charge in [-0.2, -0.15) is 0 Å². The Morgan fingerprint density at radius 2 is 1.85 bits per heavy atom. The number of carboxylic acid groups (broad SMARTS) is 1. The molecule has 13 heavy (non-hydrogen) atoms. The topological polar surface area (TPSA) is 37.3 Å². The van der Waals surface area contributed by atoms with Crippen LogP contribution in [0, 0.1) is 5.92 Å². The summed E-state index contributed by atoms with van der Waals surface area (Å²) in [5.41, 5.74) is 0.0653. The van der Waals surface area contributed by atoms with Crippen molar-refractivity contribution in [2.75, 3.05) is 0 Å². The van der Waals surface area contributed by atoms with Crippen molar-refractivity contribution in [1.82, 2.24) is 0 Å². The van der Waals surface area contributed by atoms with Crippen LogP contribution in [0.25, 0.3) is 0 Å². The second-order valence-corrected chi connectivity index (χ2v) is 3.46. The first-order valence-electron chi connectivity index (χ1n) is 4.22. The summed E-state index contributed by atoms with van der Waals surface area (Å²) in [6.07, 6.45) is 0.0319. The van der Waals surface area contributed by atoms with Crippen LogP contribution in [0.2, 0.25) is 0 Å². The highest BCUT2D eigenvalue weighted by Gasteiger charge is 2.36. The van der Waals surface area contributed by atoms with Crippen LogP contribution in [0.3, 0.4) is 0 Å². The van der Waals surface area contributed by atoms with E-state index in [4.69, 9.17) is 5.11 Å². The molecule has 0 aromatic carbocycles. The Morgan fingerprint density at radius 3 is 2.23 bits per heavy atom. The van der Waals surface area contributed by atoms with Gasteiger partial charge in [0.15, 0.2) is 0 Å². The van der Waals surface area contributed by atoms with Crippen LogP contribution < -0.4 is 0 Å². The van der Waals surface area contributed by atoms with Gasteiger partial charge in [-0.15, -0.1) is 0 Å². The fourth-order valence-electron chi connectivity index (χ4n) is 1.56. The van der Waals surface area contributed by atoms with E-state index >= 15 is 0 Å². The molecule has 1 saturated carbocycles. The smallest absolute Gasteiger partial charge is 0.331 e. The molecule has 0 amide bonds. The summed E-state index contributed by atoms with van der Waals surface area (Å²) in [6, 6.07) is 0. The van der Waals surface area contributed by atoms with Crippen molar-refractivity contribution in [1.29, 1.82) is 0 Å². The van der Waals surface area contributed by atoms with E-state index in [1.54, 1.807) is 0 Å². The summed E-state index contributed by atoms with van der Waals surface area (Å²) in [6.45, 7) is 3.38. The van der Waals surface area contributed by atoms with Gasteiger partial charge in [-0.05, 0) is 18.8 Å². The number of rotatable bonds is 2. The number of halogens is 2. The molecule has 1 rings (SSSR count). The van der Waals surface area contributed by atoms with Gasteiger partial charge in [0.05, 0.1) is 0 Å². The molecule has 0 unspecified atom stereocenters. The highest BCUT2D eigenvalue weighted by atomic mass is 19.3. The number of aliphatic carboxylic acids is 1. The standard InChI is InChI=1S/C9H12F2O2/c1-6(8(12)13)7-2-4-9(10,11)5-3-7/h7H,1-5H2,(H,12,13). The van der Waals surface area contributed by atoms with Crippen LogP contribution in [0.4, 0.5) is 8.78 Å². The zero-order valence-corrected chi connectivity index (χ0v) is 7.22. The average Bonchev–Trinajstić information content (AvgIpc) is 2.03. The zero-order chi connectivity index (χ0) is 10.1. The molecule has 1 aliphatic carbocycles. The molecule has 4 heteroatoms. The maximum Gasteiger partial charge on any atom is 0.331 e. The third-order valence-electron chi connectivity index (χ3n) is 2.48. The van der Waals surface area contributed by atoms with Crippen molar-refractivity contribution in [3.05, 3.63) is 12.2 Å². The normalized spacial score (nSPS) is 22.6. The van der Waals surface area contributed by atoms with Gasteiger partial charge < -0.3 is 5.11 Å². The van der Waals surface area contributed by atoms with E-state index in [0.29, 0.717) is 0 Å². The van der Waals surface area contributed by atoms with Gasteiger partial charge in [0, 0.05) is 18.4 Å². The lowest BCUT2D eigenvalue weighted by Gasteiger charge is -2.28. The summed E-state index contributed by atoms with van der Waals surface area (Å²) >= 11 is 0. The molecular weight excluding hydrogens is 178 g/mol. The fraction of sp³-hybridized carbons (Fsp3) is 0.667. The first-order valence-corrected chi connectivity index (χ1v) is 4.22. The fourth-order valence-corrected chi connectivity index (χ4v) is 1.56. The van der Waals surface area contributed by atoms with Gasteiger partial charge in [-0.25, -0.2) is 13.6 Å². The first kappa shape index (κ1) is 10.2. The monoisotopic (exact) mass is 190 g/mol. The van der Waals surface area contributed by atoms with Crippen LogP contribution in [-0.4, -0.2) is 17.0 Å². The molecule has 0 heterocycles. The Labute approximate surface area is 75.3 Å². The van der Waals surface area contributed by atoms with Crippen molar-refractivity contribution < 1.29 is 18.7 Å². The molecule has 1 aliphatic rings. The van der Waals surface area contributed by atoms with E-state index in [-0.39, 0.29) is 37.2 Å². The van der Waals surface area contributed by atoms with Gasteiger partial charge in [0.2, 0.25) is 5.92 Å². The number of carboxylic acids is 1.